The summed E-state index contributed by atoms with van der Waals surface area (Å²) in [6.07, 6.45) is 35.7. The Morgan fingerprint density at radius 3 is 2.00 bits per heavy atom. The first-order valence-electron chi connectivity index (χ1n) is 13.9. The average molecular weight is 453 g/mol. The van der Waals surface area contributed by atoms with E-state index in [1.165, 1.54) is 32.1 Å². The van der Waals surface area contributed by atoms with Gasteiger partial charge >= 0.3 is 0 Å². The van der Waals surface area contributed by atoms with Crippen LogP contribution in [0.5, 0.6) is 0 Å². The van der Waals surface area contributed by atoms with E-state index in [0.29, 0.717) is 35.5 Å². The molecule has 0 heterocycles. The Balaban J connectivity index is 0.000000196. The van der Waals surface area contributed by atoms with Gasteiger partial charge in [-0.1, -0.05) is 72.9 Å². The fraction of sp³-hybridized carbons (Fsp3) is 0.529. The third-order valence-electron chi connectivity index (χ3n) is 10.3. The van der Waals surface area contributed by atoms with Gasteiger partial charge in [0.1, 0.15) is 0 Å². The fourth-order valence-electron chi connectivity index (χ4n) is 8.59. The minimum absolute atomic E-state index is 0.552. The van der Waals surface area contributed by atoms with Crippen LogP contribution in [0.15, 0.2) is 99.2 Å². The van der Waals surface area contributed by atoms with Gasteiger partial charge in [-0.25, -0.2) is 0 Å². The van der Waals surface area contributed by atoms with Crippen LogP contribution in [0.1, 0.15) is 38.5 Å². The zero-order chi connectivity index (χ0) is 23.7. The molecule has 12 unspecified atom stereocenters. The molecule has 0 nitrogen and oxygen atoms in total. The summed E-state index contributed by atoms with van der Waals surface area (Å²) in [4.78, 5) is 0. The molecule has 6 aliphatic carbocycles. The van der Waals surface area contributed by atoms with E-state index < -0.39 is 0 Å². The Kier molecular flexibility index (Phi) is 7.14. The maximum Gasteiger partial charge on any atom is -0.0133 e. The SMILES string of the molecule is C1=CC2C3C=CC(C3)C2C1.C=CCC1C(C=C)CC(/C=C\C2CC(C=C)C3C=CCC23)C1C=C. The van der Waals surface area contributed by atoms with Gasteiger partial charge in [-0.2, -0.15) is 0 Å². The minimum atomic E-state index is 0.552. The monoisotopic (exact) mass is 452 g/mol. The molecule has 0 aromatic heterocycles. The van der Waals surface area contributed by atoms with Crippen LogP contribution in [0, 0.1) is 71.0 Å². The summed E-state index contributed by atoms with van der Waals surface area (Å²) in [6.45, 7) is 16.2. The molecule has 0 radical (unpaired) electrons. The molecule has 2 bridgehead atoms. The summed E-state index contributed by atoms with van der Waals surface area (Å²) in [5.74, 6) is 9.09. The average Bonchev–Trinajstić information content (AvgIpc) is 3.66. The Labute approximate surface area is 208 Å². The summed E-state index contributed by atoms with van der Waals surface area (Å²) in [6, 6.07) is 0. The highest BCUT2D eigenvalue weighted by atomic mass is 14.5. The van der Waals surface area contributed by atoms with E-state index in [9.17, 15) is 0 Å². The summed E-state index contributed by atoms with van der Waals surface area (Å²) < 4.78 is 0. The molecule has 180 valence electrons. The predicted molar refractivity (Wildman–Crippen MR) is 147 cm³/mol. The van der Waals surface area contributed by atoms with Crippen LogP contribution in [0.2, 0.25) is 0 Å². The van der Waals surface area contributed by atoms with Crippen molar-refractivity contribution in [2.75, 3.05) is 0 Å². The Hall–Kier alpha value is -2.08. The molecule has 6 aliphatic rings. The molecule has 0 amide bonds. The Morgan fingerprint density at radius 2 is 1.29 bits per heavy atom. The quantitative estimate of drug-likeness (QED) is 0.339. The molecule has 3 fully saturated rings. The molecule has 0 heteroatoms. The molecular formula is C34H44. The third-order valence-corrected chi connectivity index (χ3v) is 10.3. The van der Waals surface area contributed by atoms with E-state index >= 15 is 0 Å². The van der Waals surface area contributed by atoms with Crippen molar-refractivity contribution >= 4 is 0 Å². The highest BCUT2D eigenvalue weighted by Gasteiger charge is 2.44. The number of allylic oxidation sites excluding steroid dienone is 12. The van der Waals surface area contributed by atoms with Crippen molar-refractivity contribution in [1.29, 1.82) is 0 Å². The first-order chi connectivity index (χ1) is 16.7. The van der Waals surface area contributed by atoms with Gasteiger partial charge in [0.25, 0.3) is 0 Å². The molecule has 34 heavy (non-hydrogen) atoms. The molecule has 0 aliphatic heterocycles. The van der Waals surface area contributed by atoms with Crippen molar-refractivity contribution in [3.8, 4) is 0 Å². The third kappa shape index (κ3) is 4.23. The second kappa shape index (κ2) is 10.3. The van der Waals surface area contributed by atoms with E-state index in [4.69, 9.17) is 0 Å². The topological polar surface area (TPSA) is 0 Å². The van der Waals surface area contributed by atoms with Crippen LogP contribution in [-0.4, -0.2) is 0 Å². The zero-order valence-corrected chi connectivity index (χ0v) is 20.9. The Bertz CT molecular complexity index is 895. The molecular weight excluding hydrogens is 408 g/mol. The van der Waals surface area contributed by atoms with Crippen LogP contribution in [0.25, 0.3) is 0 Å². The van der Waals surface area contributed by atoms with E-state index in [2.05, 4.69) is 99.2 Å². The summed E-state index contributed by atoms with van der Waals surface area (Å²) in [5, 5.41) is 0. The Morgan fingerprint density at radius 1 is 0.618 bits per heavy atom. The van der Waals surface area contributed by atoms with E-state index in [-0.39, 0.29) is 0 Å². The van der Waals surface area contributed by atoms with Crippen LogP contribution in [-0.2, 0) is 0 Å². The number of rotatable bonds is 7. The van der Waals surface area contributed by atoms with Gasteiger partial charge in [-0.05, 0) is 110 Å². The number of hydrogen-bond acceptors (Lipinski definition) is 0. The van der Waals surface area contributed by atoms with Crippen molar-refractivity contribution in [3.63, 3.8) is 0 Å². The van der Waals surface area contributed by atoms with Gasteiger partial charge in [0.05, 0.1) is 0 Å². The van der Waals surface area contributed by atoms with Gasteiger partial charge in [-0.15, -0.1) is 26.3 Å². The first-order valence-corrected chi connectivity index (χ1v) is 13.9. The highest BCUT2D eigenvalue weighted by Crippen LogP contribution is 2.53. The number of hydrogen-bond donors (Lipinski definition) is 0. The lowest BCUT2D eigenvalue weighted by Crippen LogP contribution is -2.14. The van der Waals surface area contributed by atoms with E-state index in [1.54, 1.807) is 0 Å². The van der Waals surface area contributed by atoms with Crippen LogP contribution >= 0.6 is 0 Å². The van der Waals surface area contributed by atoms with Crippen molar-refractivity contribution in [1.82, 2.24) is 0 Å². The van der Waals surface area contributed by atoms with Gasteiger partial charge in [0.15, 0.2) is 0 Å². The van der Waals surface area contributed by atoms with Gasteiger partial charge in [0.2, 0.25) is 0 Å². The first kappa shape index (κ1) is 23.7. The summed E-state index contributed by atoms with van der Waals surface area (Å²) in [5.41, 5.74) is 0. The predicted octanol–water partition coefficient (Wildman–Crippen LogP) is 8.76. The second-order valence-electron chi connectivity index (χ2n) is 11.7. The maximum absolute atomic E-state index is 4.13. The van der Waals surface area contributed by atoms with E-state index in [1.807, 2.05) is 0 Å². The lowest BCUT2D eigenvalue weighted by molar-refractivity contribution is 0.386. The number of fused-ring (bicyclic) bond motifs is 6. The highest BCUT2D eigenvalue weighted by molar-refractivity contribution is 5.22. The normalized spacial score (nSPS) is 46.9. The second-order valence-corrected chi connectivity index (χ2v) is 11.7. The summed E-state index contributed by atoms with van der Waals surface area (Å²) >= 11 is 0. The summed E-state index contributed by atoms with van der Waals surface area (Å²) in [7, 11) is 0. The minimum Gasteiger partial charge on any atom is -0.103 e. The molecule has 0 N–H and O–H groups in total. The lowest BCUT2D eigenvalue weighted by Gasteiger charge is -2.21. The molecule has 12 atom stereocenters. The smallest absolute Gasteiger partial charge is 0.0133 e. The van der Waals surface area contributed by atoms with Gasteiger partial charge in [-0.3, -0.25) is 0 Å². The molecule has 0 aromatic carbocycles. The van der Waals surface area contributed by atoms with Crippen LogP contribution in [0.4, 0.5) is 0 Å². The van der Waals surface area contributed by atoms with Crippen molar-refractivity contribution in [3.05, 3.63) is 99.2 Å². The van der Waals surface area contributed by atoms with Gasteiger partial charge < -0.3 is 0 Å². The van der Waals surface area contributed by atoms with Crippen molar-refractivity contribution < 1.29 is 0 Å². The van der Waals surface area contributed by atoms with Crippen molar-refractivity contribution in [2.24, 2.45) is 71.0 Å². The van der Waals surface area contributed by atoms with Crippen LogP contribution < -0.4 is 0 Å². The van der Waals surface area contributed by atoms with E-state index in [0.717, 1.165) is 41.9 Å². The van der Waals surface area contributed by atoms with Crippen molar-refractivity contribution in [2.45, 2.75) is 38.5 Å². The molecule has 3 saturated carbocycles. The molecule has 6 rings (SSSR count). The van der Waals surface area contributed by atoms with Crippen LogP contribution in [0.3, 0.4) is 0 Å². The standard InChI is InChI=1S/C24H32.C10H12/c1-5-10-22-17(6-2)15-19(21(22)8-4)13-14-20-16-18(7-3)23-11-9-12-24(20)23;1-2-9-7-4-5-8(6-7)10(9)3-1/h5-9,11,13-14,17-24H,1-4,10,12,15-16H2;1-2,4-5,7-10H,3,6H2/b14-13-;. The maximum atomic E-state index is 4.13. The molecule has 0 spiro atoms. The fourth-order valence-corrected chi connectivity index (χ4v) is 8.59. The van der Waals surface area contributed by atoms with Gasteiger partial charge in [0, 0.05) is 0 Å². The molecule has 0 aromatic rings. The zero-order valence-electron chi connectivity index (χ0n) is 20.9. The molecule has 0 saturated heterocycles. The largest absolute Gasteiger partial charge is 0.103 e. The lowest BCUT2D eigenvalue weighted by atomic mass is 9.83.